The number of aromatic amines is 1. The Hall–Kier alpha value is -3.57. The van der Waals surface area contributed by atoms with E-state index in [2.05, 4.69) is 90.8 Å². The number of nitrogens with zero attached hydrogens (tertiary/aromatic N) is 4. The van der Waals surface area contributed by atoms with Crippen LogP contribution < -0.4 is 5.32 Å². The Morgan fingerprint density at radius 2 is 1.29 bits per heavy atom. The minimum atomic E-state index is 0. The summed E-state index contributed by atoms with van der Waals surface area (Å²) in [5.41, 5.74) is 11.6. The smallest absolute Gasteiger partial charge is 0.121 e. The largest absolute Gasteiger partial charge is 0.355 e. The first-order chi connectivity index (χ1) is 21.6. The van der Waals surface area contributed by atoms with E-state index in [0.717, 1.165) is 82.7 Å². The number of allylic oxidation sites excluding steroid dienone is 9. The second kappa shape index (κ2) is 15.6. The fraction of sp³-hybridized carbons (Fsp3) is 0.395. The molecular formula is C38H46N6Zn. The first kappa shape index (κ1) is 32.8. The second-order valence-corrected chi connectivity index (χ2v) is 12.2. The minimum absolute atomic E-state index is 0. The average molecular weight is 652 g/mol. The molecule has 1 aromatic rings. The molecule has 2 N–H and O–H groups in total. The Kier molecular flexibility index (Phi) is 11.4. The molecule has 0 unspecified atom stereocenters. The molecule has 0 saturated heterocycles. The molecule has 0 spiro atoms. The summed E-state index contributed by atoms with van der Waals surface area (Å²) in [6, 6.07) is 4.37. The number of nitrogens with one attached hydrogen (secondary N) is 2. The molecule has 0 amide bonds. The third-order valence-corrected chi connectivity index (χ3v) is 8.89. The topological polar surface area (TPSA) is 68.1 Å². The van der Waals surface area contributed by atoms with Crippen LogP contribution in [0.15, 0.2) is 110 Å². The summed E-state index contributed by atoms with van der Waals surface area (Å²) < 4.78 is 0. The van der Waals surface area contributed by atoms with Crippen molar-refractivity contribution >= 4 is 28.8 Å². The van der Waals surface area contributed by atoms with Crippen molar-refractivity contribution < 1.29 is 19.5 Å². The Morgan fingerprint density at radius 1 is 0.667 bits per heavy atom. The molecule has 230 valence electrons. The Bertz CT molecular complexity index is 1610. The van der Waals surface area contributed by atoms with Gasteiger partial charge in [0.1, 0.15) is 5.82 Å². The van der Waals surface area contributed by atoms with Crippen LogP contribution in [0.1, 0.15) is 102 Å². The number of aliphatic imine (C=N–C) groups is 3. The fourth-order valence-corrected chi connectivity index (χ4v) is 6.42. The maximum Gasteiger partial charge on any atom is 0.121 e. The summed E-state index contributed by atoms with van der Waals surface area (Å²) in [6.07, 6.45) is 33.5. The van der Waals surface area contributed by atoms with E-state index in [4.69, 9.17) is 15.0 Å². The van der Waals surface area contributed by atoms with E-state index >= 15 is 0 Å². The molecule has 6 heterocycles. The van der Waals surface area contributed by atoms with E-state index < -0.39 is 0 Å². The van der Waals surface area contributed by atoms with Gasteiger partial charge in [-0.25, -0.2) is 15.0 Å². The average Bonchev–Trinajstić information content (AvgIpc) is 3.86. The van der Waals surface area contributed by atoms with Crippen molar-refractivity contribution in [3.05, 3.63) is 106 Å². The van der Waals surface area contributed by atoms with E-state index in [1.54, 1.807) is 0 Å². The van der Waals surface area contributed by atoms with Crippen molar-refractivity contribution in [2.24, 2.45) is 15.0 Å². The molecule has 5 aliphatic rings. The molecule has 0 atom stereocenters. The molecule has 1 aromatic heterocycles. The first-order valence-electron chi connectivity index (χ1n) is 16.7. The minimum Gasteiger partial charge on any atom is -0.355 e. The molecule has 0 aromatic carbocycles. The molecule has 6 nitrogen and oxygen atoms in total. The van der Waals surface area contributed by atoms with Gasteiger partial charge >= 0.3 is 0 Å². The monoisotopic (exact) mass is 650 g/mol. The molecule has 0 saturated carbocycles. The number of H-pyrrole nitrogens is 1. The van der Waals surface area contributed by atoms with Gasteiger partial charge in [-0.05, 0) is 80.3 Å². The van der Waals surface area contributed by atoms with E-state index in [1.807, 2.05) is 12.4 Å². The summed E-state index contributed by atoms with van der Waals surface area (Å²) in [5, 5.41) is 3.47. The van der Waals surface area contributed by atoms with Gasteiger partial charge in [0.2, 0.25) is 0 Å². The quantitative estimate of drug-likeness (QED) is 0.175. The van der Waals surface area contributed by atoms with Gasteiger partial charge in [0.15, 0.2) is 0 Å². The number of unbranched alkanes of at least 4 members (excludes halogenated alkanes) is 8. The van der Waals surface area contributed by atoms with Crippen molar-refractivity contribution in [2.75, 3.05) is 7.05 Å². The van der Waals surface area contributed by atoms with Crippen LogP contribution in [-0.4, -0.2) is 34.1 Å². The Morgan fingerprint density at radius 3 is 1.93 bits per heavy atom. The number of rotatable bonds is 12. The number of hydrogen-bond acceptors (Lipinski definition) is 5. The van der Waals surface area contributed by atoms with E-state index in [9.17, 15) is 0 Å². The first-order valence-corrected chi connectivity index (χ1v) is 16.7. The predicted octanol–water partition coefficient (Wildman–Crippen LogP) is 9.30. The third-order valence-electron chi connectivity index (χ3n) is 8.89. The molecule has 0 radical (unpaired) electrons. The van der Waals surface area contributed by atoms with E-state index in [0.29, 0.717) is 0 Å². The van der Waals surface area contributed by atoms with Crippen LogP contribution in [-0.2, 0) is 19.5 Å². The number of hydrogen-bond donors (Lipinski definition) is 2. The second-order valence-electron chi connectivity index (χ2n) is 12.2. The SMILES string of the molecule is CCCCCCCC1=C2C=CC(=N2)C(=C2NC=CN2C)C2=NC(=C(CCCCCCC)c3ccc([nH]3)C=C3C=CC1=N3)C=C2.[Zn]. The van der Waals surface area contributed by atoms with Crippen molar-refractivity contribution in [3.63, 3.8) is 0 Å². The summed E-state index contributed by atoms with van der Waals surface area (Å²) in [4.78, 5) is 21.5. The van der Waals surface area contributed by atoms with Crippen molar-refractivity contribution in [2.45, 2.75) is 90.9 Å². The van der Waals surface area contributed by atoms with E-state index in [-0.39, 0.29) is 19.5 Å². The van der Waals surface area contributed by atoms with Crippen LogP contribution in [0.3, 0.4) is 0 Å². The number of fused-ring (bicyclic) bond motifs is 5. The van der Waals surface area contributed by atoms with Crippen LogP contribution >= 0.6 is 0 Å². The normalized spacial score (nSPS) is 19.8. The van der Waals surface area contributed by atoms with Crippen LogP contribution in [0.4, 0.5) is 0 Å². The van der Waals surface area contributed by atoms with Gasteiger partial charge in [0.25, 0.3) is 0 Å². The van der Waals surface area contributed by atoms with Crippen LogP contribution in [0.2, 0.25) is 0 Å². The summed E-state index contributed by atoms with van der Waals surface area (Å²) in [7, 11) is 2.07. The van der Waals surface area contributed by atoms with Crippen molar-refractivity contribution in [1.29, 1.82) is 0 Å². The fourth-order valence-electron chi connectivity index (χ4n) is 6.42. The number of aromatic nitrogens is 1. The maximum absolute atomic E-state index is 5.29. The molecular weight excluding hydrogens is 606 g/mol. The summed E-state index contributed by atoms with van der Waals surface area (Å²) >= 11 is 0. The standard InChI is InChI=1S/C38H46N6.Zn/c1-4-6-8-10-12-14-29-31-18-16-27(40-31)26-28-17-19-32(41-28)30(15-13-11-9-7-5-2)34-21-23-36(43-34)37(35-22-20-33(29)42-35)38-39-24-25-44(38)3;/h16-26,39-40H,4-15H2,1-3H3;. The van der Waals surface area contributed by atoms with E-state index in [1.165, 1.54) is 62.5 Å². The van der Waals surface area contributed by atoms with Gasteiger partial charge in [-0.1, -0.05) is 65.2 Å². The molecule has 0 aliphatic carbocycles. The third kappa shape index (κ3) is 7.64. The summed E-state index contributed by atoms with van der Waals surface area (Å²) in [6.45, 7) is 4.53. The molecule has 6 rings (SSSR count). The van der Waals surface area contributed by atoms with Gasteiger partial charge in [-0.15, -0.1) is 0 Å². The Labute approximate surface area is 281 Å². The summed E-state index contributed by atoms with van der Waals surface area (Å²) in [5.74, 6) is 0.994. The van der Waals surface area contributed by atoms with Gasteiger partial charge < -0.3 is 15.2 Å². The van der Waals surface area contributed by atoms with Gasteiger partial charge in [-0.2, -0.15) is 0 Å². The molecule has 5 aliphatic heterocycles. The van der Waals surface area contributed by atoms with Crippen molar-refractivity contribution in [1.82, 2.24) is 15.2 Å². The zero-order chi connectivity index (χ0) is 30.3. The molecule has 45 heavy (non-hydrogen) atoms. The van der Waals surface area contributed by atoms with Gasteiger partial charge in [0.05, 0.1) is 39.8 Å². The molecule has 8 bridgehead atoms. The van der Waals surface area contributed by atoms with Crippen molar-refractivity contribution in [3.8, 4) is 0 Å². The Balaban J connectivity index is 0.00000400. The van der Waals surface area contributed by atoms with Gasteiger partial charge in [-0.3, -0.25) is 0 Å². The molecule has 7 heteroatoms. The van der Waals surface area contributed by atoms with Gasteiger partial charge in [0, 0.05) is 61.5 Å². The zero-order valence-electron chi connectivity index (χ0n) is 27.3. The molecule has 0 fully saturated rings. The van der Waals surface area contributed by atoms with Crippen LogP contribution in [0.25, 0.3) is 11.6 Å². The maximum atomic E-state index is 5.29. The zero-order valence-corrected chi connectivity index (χ0v) is 30.3. The van der Waals surface area contributed by atoms with Crippen LogP contribution in [0, 0.1) is 0 Å². The van der Waals surface area contributed by atoms with Crippen LogP contribution in [0.5, 0.6) is 0 Å². The predicted molar refractivity (Wildman–Crippen MR) is 186 cm³/mol.